The van der Waals surface area contributed by atoms with Crippen LogP contribution in [0.1, 0.15) is 0 Å². The van der Waals surface area contributed by atoms with E-state index in [0.717, 1.165) is 0 Å². The molecule has 0 aliphatic heterocycles. The molecule has 0 saturated heterocycles. The molecule has 0 rings (SSSR count). The Morgan fingerprint density at radius 1 is 1.29 bits per heavy atom. The Hall–Kier alpha value is 0.380. The summed E-state index contributed by atoms with van der Waals surface area (Å²) in [5.41, 5.74) is 0. The molecule has 0 atom stereocenters. The Morgan fingerprint density at radius 3 is 1.29 bits per heavy atom. The Labute approximate surface area is 69.5 Å². The van der Waals surface area contributed by atoms with Gasteiger partial charge in [0, 0.05) is 37.7 Å². The van der Waals surface area contributed by atoms with Gasteiger partial charge in [0.2, 0.25) is 0 Å². The molecule has 0 aliphatic rings. The Balaban J connectivity index is -0.0000000150. The first-order valence-corrected chi connectivity index (χ1v) is 0.548. The van der Waals surface area contributed by atoms with E-state index >= 15 is 0 Å². The van der Waals surface area contributed by atoms with Crippen molar-refractivity contribution in [3.63, 3.8) is 0 Å². The molecule has 0 unspecified atom stereocenters. The SMILES string of the molecule is O.O=[N+]([O-])[O-].[Ca].[NH4+]. The van der Waals surface area contributed by atoms with Crippen LogP contribution in [0.3, 0.4) is 0 Å². The Kier molecular flexibility index (Phi) is 60.7. The van der Waals surface area contributed by atoms with Crippen LogP contribution in [0.5, 0.6) is 0 Å². The first kappa shape index (κ1) is 26.3. The van der Waals surface area contributed by atoms with Crippen LogP contribution in [0.4, 0.5) is 0 Å². The summed E-state index contributed by atoms with van der Waals surface area (Å²) in [6.45, 7) is 0. The van der Waals surface area contributed by atoms with Gasteiger partial charge in [-0.15, -0.1) is 0 Å². The maximum Gasteiger partial charge on any atom is 0.0689 e. The van der Waals surface area contributed by atoms with Gasteiger partial charge in [0.1, 0.15) is 0 Å². The molecule has 0 aliphatic carbocycles. The van der Waals surface area contributed by atoms with Gasteiger partial charge in [-0.2, -0.15) is 0 Å². The third kappa shape index (κ3) is 849. The van der Waals surface area contributed by atoms with E-state index < -0.39 is 5.09 Å². The van der Waals surface area contributed by atoms with Gasteiger partial charge in [0.05, 0.1) is 5.09 Å². The van der Waals surface area contributed by atoms with Gasteiger partial charge in [0.15, 0.2) is 0 Å². The molecule has 6 N–H and O–H groups in total. The van der Waals surface area contributed by atoms with Gasteiger partial charge in [-0.25, -0.2) is 0 Å². The van der Waals surface area contributed by atoms with Crippen LogP contribution in [-0.2, 0) is 0 Å². The van der Waals surface area contributed by atoms with Crippen molar-refractivity contribution < 1.29 is 10.6 Å². The molecule has 0 bridgehead atoms. The molecule has 0 aromatic heterocycles. The largest absolute Gasteiger partial charge is 0.412 e. The average molecular weight is 138 g/mol. The molecule has 7 heavy (non-hydrogen) atoms. The number of hydrogen-bond donors (Lipinski definition) is 1. The van der Waals surface area contributed by atoms with Gasteiger partial charge in [-0.1, -0.05) is 0 Å². The smallest absolute Gasteiger partial charge is 0.0689 e. The minimum Gasteiger partial charge on any atom is -0.412 e. The van der Waals surface area contributed by atoms with Gasteiger partial charge in [-0.3, -0.25) is 0 Å². The summed E-state index contributed by atoms with van der Waals surface area (Å²) < 4.78 is 0. The fraction of sp³-hybridized carbons (Fsp3) is 0. The average Bonchev–Trinajstić information content (AvgIpc) is 0.811. The number of quaternary nitrogens is 1. The normalized spacial score (nSPS) is 3.43. The van der Waals surface area contributed by atoms with Crippen molar-refractivity contribution in [1.29, 1.82) is 0 Å². The summed E-state index contributed by atoms with van der Waals surface area (Å²) in [6, 6.07) is 0. The van der Waals surface area contributed by atoms with Crippen molar-refractivity contribution in [3.05, 3.63) is 15.3 Å². The quantitative estimate of drug-likeness (QED) is 0.259. The zero-order chi connectivity index (χ0) is 3.58. The van der Waals surface area contributed by atoms with Crippen LogP contribution in [-0.4, -0.2) is 48.3 Å². The van der Waals surface area contributed by atoms with Gasteiger partial charge < -0.3 is 26.9 Å². The molecule has 2 radical (unpaired) electrons. The molecule has 0 fully saturated rings. The first-order chi connectivity index (χ1) is 1.73. The molecule has 0 aromatic carbocycles. The van der Waals surface area contributed by atoms with Crippen LogP contribution >= 0.6 is 0 Å². The van der Waals surface area contributed by atoms with Gasteiger partial charge in [-0.05, 0) is 0 Å². The molecular weight excluding hydrogens is 132 g/mol. The van der Waals surface area contributed by atoms with Crippen molar-refractivity contribution in [2.75, 3.05) is 0 Å². The van der Waals surface area contributed by atoms with Gasteiger partial charge >= 0.3 is 0 Å². The maximum absolute atomic E-state index is 8.25. The van der Waals surface area contributed by atoms with E-state index in [1.165, 1.54) is 0 Å². The zero-order valence-corrected chi connectivity index (χ0v) is 6.09. The zero-order valence-electron chi connectivity index (χ0n) is 3.88. The van der Waals surface area contributed by atoms with Gasteiger partial charge in [0.25, 0.3) is 0 Å². The second kappa shape index (κ2) is 16.2. The van der Waals surface area contributed by atoms with E-state index in [0.29, 0.717) is 0 Å². The molecule has 0 amide bonds. The predicted molar refractivity (Wildman–Crippen MR) is 25.7 cm³/mol. The van der Waals surface area contributed by atoms with Crippen LogP contribution in [0, 0.1) is 15.3 Å². The number of nitrogens with zero attached hydrogens (tertiary/aromatic N) is 1. The van der Waals surface area contributed by atoms with Crippen LogP contribution < -0.4 is 6.15 Å². The van der Waals surface area contributed by atoms with Crippen LogP contribution in [0.15, 0.2) is 0 Å². The summed E-state index contributed by atoms with van der Waals surface area (Å²) in [5.74, 6) is 0. The van der Waals surface area contributed by atoms with Crippen molar-refractivity contribution in [2.45, 2.75) is 0 Å². The van der Waals surface area contributed by atoms with Crippen LogP contribution in [0.2, 0.25) is 0 Å². The second-order valence-corrected chi connectivity index (χ2v) is 0.224. The summed E-state index contributed by atoms with van der Waals surface area (Å²) in [6.07, 6.45) is 0. The third-order valence-electron chi connectivity index (χ3n) is 0. The maximum atomic E-state index is 8.25. The van der Waals surface area contributed by atoms with Crippen molar-refractivity contribution >= 4 is 37.7 Å². The molecule has 0 saturated carbocycles. The summed E-state index contributed by atoms with van der Waals surface area (Å²) in [5, 5.41) is 14.8. The van der Waals surface area contributed by atoms with Crippen molar-refractivity contribution in [1.82, 2.24) is 6.15 Å². The Bertz CT molecular complexity index is 32.7. The third-order valence-corrected chi connectivity index (χ3v) is 0. The van der Waals surface area contributed by atoms with E-state index in [2.05, 4.69) is 0 Å². The standard InChI is InChI=1S/Ca.NO3.H3N.H2O/c;2-1(3)4;;/h;;1H3;1H2/q;-1;;/p+1. The first-order valence-electron chi connectivity index (χ1n) is 0.548. The van der Waals surface area contributed by atoms with E-state index in [1.807, 2.05) is 0 Å². The monoisotopic (exact) mass is 138 g/mol. The minimum absolute atomic E-state index is 0. The molecule has 0 heterocycles. The van der Waals surface area contributed by atoms with Crippen LogP contribution in [0.25, 0.3) is 0 Å². The summed E-state index contributed by atoms with van der Waals surface area (Å²) in [4.78, 5) is 8.25. The molecular formula is H6CaN2O4. The summed E-state index contributed by atoms with van der Waals surface area (Å²) in [7, 11) is 0. The van der Waals surface area contributed by atoms with Crippen molar-refractivity contribution in [3.8, 4) is 0 Å². The van der Waals surface area contributed by atoms with E-state index in [1.54, 1.807) is 0 Å². The molecule has 0 aromatic rings. The van der Waals surface area contributed by atoms with E-state index in [4.69, 9.17) is 15.3 Å². The fourth-order valence-corrected chi connectivity index (χ4v) is 0. The second-order valence-electron chi connectivity index (χ2n) is 0.224. The number of hydrogen-bond acceptors (Lipinski definition) is 3. The molecule has 6 nitrogen and oxygen atoms in total. The van der Waals surface area contributed by atoms with E-state index in [-0.39, 0.29) is 49.4 Å². The van der Waals surface area contributed by atoms with Crippen molar-refractivity contribution in [2.24, 2.45) is 0 Å². The fourth-order valence-electron chi connectivity index (χ4n) is 0. The van der Waals surface area contributed by atoms with E-state index in [9.17, 15) is 0 Å². The topological polar surface area (TPSA) is 134 Å². The molecule has 0 spiro atoms. The summed E-state index contributed by atoms with van der Waals surface area (Å²) >= 11 is 0. The molecule has 7 heteroatoms. The minimum atomic E-state index is -1.75. The predicted octanol–water partition coefficient (Wildman–Crippen LogP) is -1.07. The Morgan fingerprint density at radius 2 is 1.29 bits per heavy atom. The molecule has 42 valence electrons. The number of rotatable bonds is 0.